The largest absolute Gasteiger partial charge is 0.466 e. The highest BCUT2D eigenvalue weighted by molar-refractivity contribution is 6.40. The Balaban J connectivity index is -0.000000177. The van der Waals surface area contributed by atoms with Crippen molar-refractivity contribution in [3.8, 4) is 0 Å². The second-order valence-corrected chi connectivity index (χ2v) is 4.27. The van der Waals surface area contributed by atoms with Gasteiger partial charge in [0.15, 0.2) is 0 Å². The molecule has 0 saturated heterocycles. The highest BCUT2D eigenvalue weighted by Crippen LogP contribution is 2.15. The van der Waals surface area contributed by atoms with E-state index in [9.17, 15) is 4.79 Å². The first-order valence-corrected chi connectivity index (χ1v) is 7.53. The fraction of sp³-hybridized carbons (Fsp3) is 0.923. The molecule has 1 N–H and O–H groups in total. The molecule has 0 amide bonds. The Morgan fingerprint density at radius 1 is 1.06 bits per heavy atom. The molecular weight excluding hydrogens is 275 g/mol. The van der Waals surface area contributed by atoms with E-state index < -0.39 is 0 Å². The third-order valence-corrected chi connectivity index (χ3v) is 1.85. The maximum absolute atomic E-state index is 9.82. The van der Waals surface area contributed by atoms with Gasteiger partial charge in [-0.25, -0.2) is 0 Å². The molecule has 0 bridgehead atoms. The lowest BCUT2D eigenvalue weighted by Gasteiger charge is -2.05. The van der Waals surface area contributed by atoms with Gasteiger partial charge in [0.25, 0.3) is 0 Å². The van der Waals surface area contributed by atoms with Crippen LogP contribution in [0.3, 0.4) is 0 Å². The molecule has 1 aliphatic rings. The van der Waals surface area contributed by atoms with Gasteiger partial charge < -0.3 is 9.84 Å². The van der Waals surface area contributed by atoms with Crippen LogP contribution in [0.15, 0.2) is 0 Å². The standard InChI is InChI=1S/C6H12.C4H8O2.C2H6O.CH2Cl2/c1-2-4-6-5-3-1;1-3-6-4(2)5;1-2-3;2-1-3/h1-6H2;3H2,1-2H3;3H,2H2,1H3;1H2. The topological polar surface area (TPSA) is 46.5 Å². The Morgan fingerprint density at radius 3 is 1.33 bits per heavy atom. The molecule has 0 radical (unpaired) electrons. The van der Waals surface area contributed by atoms with Crippen molar-refractivity contribution in [2.75, 3.05) is 18.6 Å². The normalized spacial score (nSPS) is 12.6. The van der Waals surface area contributed by atoms with Gasteiger partial charge in [-0.05, 0) is 13.8 Å². The van der Waals surface area contributed by atoms with E-state index in [-0.39, 0.29) is 17.9 Å². The summed E-state index contributed by atoms with van der Waals surface area (Å²) in [6.45, 7) is 5.58. The predicted molar refractivity (Wildman–Crippen MR) is 79.3 cm³/mol. The van der Waals surface area contributed by atoms with E-state index >= 15 is 0 Å². The van der Waals surface area contributed by atoms with Crippen LogP contribution in [0.5, 0.6) is 0 Å². The fourth-order valence-corrected chi connectivity index (χ4v) is 1.26. The number of ether oxygens (including phenoxy) is 1. The molecule has 1 saturated carbocycles. The zero-order chi connectivity index (χ0) is 14.6. The minimum atomic E-state index is -0.211. The van der Waals surface area contributed by atoms with Gasteiger partial charge in [0, 0.05) is 13.5 Å². The zero-order valence-corrected chi connectivity index (χ0v) is 13.4. The first-order chi connectivity index (χ1) is 8.60. The number of hydrogen-bond donors (Lipinski definition) is 1. The quantitative estimate of drug-likeness (QED) is 0.579. The van der Waals surface area contributed by atoms with Crippen molar-refractivity contribution in [3.05, 3.63) is 0 Å². The Labute approximate surface area is 122 Å². The van der Waals surface area contributed by atoms with Crippen LogP contribution in [0.2, 0.25) is 0 Å². The summed E-state index contributed by atoms with van der Waals surface area (Å²) in [5, 5.41) is 7.76. The number of carbonyl (C=O) groups excluding carboxylic acids is 1. The van der Waals surface area contributed by atoms with Gasteiger partial charge in [-0.1, -0.05) is 38.5 Å². The summed E-state index contributed by atoms with van der Waals surface area (Å²) in [5.41, 5.74) is 0. The van der Waals surface area contributed by atoms with Gasteiger partial charge in [-0.15, -0.1) is 23.2 Å². The van der Waals surface area contributed by atoms with Crippen LogP contribution in [-0.2, 0) is 9.53 Å². The molecule has 112 valence electrons. The van der Waals surface area contributed by atoms with Crippen LogP contribution < -0.4 is 0 Å². The number of carbonyl (C=O) groups is 1. The van der Waals surface area contributed by atoms with Crippen LogP contribution in [0.4, 0.5) is 0 Å². The lowest BCUT2D eigenvalue weighted by atomic mass is 10.0. The molecule has 18 heavy (non-hydrogen) atoms. The summed E-state index contributed by atoms with van der Waals surface area (Å²) in [5.74, 6) is -0.211. The molecule has 0 aromatic carbocycles. The van der Waals surface area contributed by atoms with Gasteiger partial charge in [0.2, 0.25) is 0 Å². The lowest BCUT2D eigenvalue weighted by Crippen LogP contribution is -1.95. The van der Waals surface area contributed by atoms with Crippen molar-refractivity contribution in [1.82, 2.24) is 0 Å². The molecule has 0 aromatic rings. The van der Waals surface area contributed by atoms with Gasteiger partial charge in [0.05, 0.1) is 11.9 Å². The number of rotatable bonds is 1. The highest BCUT2D eigenvalue weighted by atomic mass is 35.5. The van der Waals surface area contributed by atoms with E-state index in [0.29, 0.717) is 6.61 Å². The molecule has 0 unspecified atom stereocenters. The number of alkyl halides is 2. The number of hydrogen-bond acceptors (Lipinski definition) is 3. The van der Waals surface area contributed by atoms with Gasteiger partial charge >= 0.3 is 5.97 Å². The Bertz CT molecular complexity index is 127. The van der Waals surface area contributed by atoms with Crippen LogP contribution >= 0.6 is 23.2 Å². The molecule has 1 aliphatic carbocycles. The minimum Gasteiger partial charge on any atom is -0.466 e. The molecule has 5 heteroatoms. The van der Waals surface area contributed by atoms with Crippen molar-refractivity contribution >= 4 is 29.2 Å². The third kappa shape index (κ3) is 44.4. The maximum Gasteiger partial charge on any atom is 0.302 e. The highest BCUT2D eigenvalue weighted by Gasteiger charge is 1.95. The average Bonchev–Trinajstić information content (AvgIpc) is 2.34. The van der Waals surface area contributed by atoms with Crippen molar-refractivity contribution in [3.63, 3.8) is 0 Å². The van der Waals surface area contributed by atoms with Crippen molar-refractivity contribution in [1.29, 1.82) is 0 Å². The van der Waals surface area contributed by atoms with Crippen molar-refractivity contribution < 1.29 is 14.6 Å². The first kappa shape index (κ1) is 23.1. The van der Waals surface area contributed by atoms with Gasteiger partial charge in [-0.2, -0.15) is 0 Å². The van der Waals surface area contributed by atoms with Crippen LogP contribution in [0.25, 0.3) is 0 Å². The fourth-order valence-electron chi connectivity index (χ4n) is 1.26. The van der Waals surface area contributed by atoms with E-state index in [4.69, 9.17) is 28.3 Å². The van der Waals surface area contributed by atoms with E-state index in [1.807, 2.05) is 0 Å². The molecule has 1 rings (SSSR count). The molecule has 0 atom stereocenters. The van der Waals surface area contributed by atoms with Gasteiger partial charge in [-0.3, -0.25) is 4.79 Å². The van der Waals surface area contributed by atoms with Crippen LogP contribution in [-0.4, -0.2) is 29.6 Å². The molecule has 3 nitrogen and oxygen atoms in total. The third-order valence-electron chi connectivity index (χ3n) is 1.85. The molecule has 1 fully saturated rings. The second-order valence-electron chi connectivity index (χ2n) is 3.46. The predicted octanol–water partition coefficient (Wildman–Crippen LogP) is 4.33. The van der Waals surface area contributed by atoms with E-state index in [2.05, 4.69) is 4.74 Å². The Hall–Kier alpha value is 0.01000. The van der Waals surface area contributed by atoms with Crippen molar-refractivity contribution in [2.45, 2.75) is 59.3 Å². The molecular formula is C13H28Cl2O3. The summed E-state index contributed by atoms with van der Waals surface area (Å²) in [4.78, 5) is 9.82. The van der Waals surface area contributed by atoms with E-state index in [0.717, 1.165) is 0 Å². The smallest absolute Gasteiger partial charge is 0.302 e. The Morgan fingerprint density at radius 2 is 1.28 bits per heavy atom. The number of aliphatic hydroxyl groups excluding tert-OH is 1. The van der Waals surface area contributed by atoms with E-state index in [1.165, 1.54) is 45.4 Å². The average molecular weight is 303 g/mol. The number of aliphatic hydroxyl groups is 1. The second kappa shape index (κ2) is 25.8. The summed E-state index contributed by atoms with van der Waals surface area (Å²) in [6.07, 6.45) is 9.00. The summed E-state index contributed by atoms with van der Waals surface area (Å²) >= 11 is 9.53. The first-order valence-electron chi connectivity index (χ1n) is 6.46. The monoisotopic (exact) mass is 302 g/mol. The summed E-state index contributed by atoms with van der Waals surface area (Å²) in [7, 11) is 0. The summed E-state index contributed by atoms with van der Waals surface area (Å²) < 4.78 is 4.40. The maximum atomic E-state index is 9.82. The zero-order valence-electron chi connectivity index (χ0n) is 11.9. The minimum absolute atomic E-state index is 0.194. The molecule has 0 spiro atoms. The van der Waals surface area contributed by atoms with Crippen LogP contribution in [0, 0.1) is 0 Å². The lowest BCUT2D eigenvalue weighted by molar-refractivity contribution is -0.140. The molecule has 0 aromatic heterocycles. The summed E-state index contributed by atoms with van der Waals surface area (Å²) in [6, 6.07) is 0. The number of esters is 1. The molecule has 0 aliphatic heterocycles. The van der Waals surface area contributed by atoms with Crippen LogP contribution in [0.1, 0.15) is 59.3 Å². The Kier molecular flexibility index (Phi) is 33.1. The van der Waals surface area contributed by atoms with E-state index in [1.54, 1.807) is 13.8 Å². The molecule has 0 heterocycles. The SMILES string of the molecule is C1CCCCC1.CCO.CCOC(C)=O.ClCCl. The van der Waals surface area contributed by atoms with Gasteiger partial charge in [0.1, 0.15) is 0 Å². The van der Waals surface area contributed by atoms with Crippen molar-refractivity contribution in [2.24, 2.45) is 0 Å². The number of halogens is 2.